The predicted octanol–water partition coefficient (Wildman–Crippen LogP) is 2.13. The third-order valence-corrected chi connectivity index (χ3v) is 6.48. The van der Waals surface area contributed by atoms with Gasteiger partial charge in [0.1, 0.15) is 23.8 Å². The fraction of sp³-hybridized carbons (Fsp3) is 0.375. The molecule has 3 aromatic heterocycles. The van der Waals surface area contributed by atoms with Crippen molar-refractivity contribution in [3.05, 3.63) is 63.9 Å². The van der Waals surface area contributed by atoms with E-state index in [0.29, 0.717) is 46.9 Å². The summed E-state index contributed by atoms with van der Waals surface area (Å²) in [5.41, 5.74) is 0.981. The van der Waals surface area contributed by atoms with Crippen LogP contribution >= 0.6 is 11.6 Å². The lowest BCUT2D eigenvalue weighted by Crippen LogP contribution is -2.39. The van der Waals surface area contributed by atoms with Crippen molar-refractivity contribution in [3.8, 4) is 11.6 Å². The standard InChI is InChI=1S/C24H25ClN6O4/c1-15-19(30-11-7-20(32)23(30)34)2-3-21(28-15)31-10-6-18(12-22(31)33)35-17-4-8-29(9-5-17)24-26-13-16(25)14-27-24/h2-3,6,10,12-14,17,20,32H,4-5,7-9,11H2,1H3. The highest BCUT2D eigenvalue weighted by molar-refractivity contribution is 6.30. The van der Waals surface area contributed by atoms with Gasteiger partial charge >= 0.3 is 0 Å². The summed E-state index contributed by atoms with van der Waals surface area (Å²) in [4.78, 5) is 41.6. The molecule has 11 heteroatoms. The van der Waals surface area contributed by atoms with E-state index < -0.39 is 6.10 Å². The summed E-state index contributed by atoms with van der Waals surface area (Å²) in [5, 5.41) is 10.2. The number of pyridine rings is 2. The van der Waals surface area contributed by atoms with Crippen LogP contribution in [0, 0.1) is 6.92 Å². The zero-order valence-electron chi connectivity index (χ0n) is 19.2. The van der Waals surface area contributed by atoms with E-state index in [9.17, 15) is 14.7 Å². The number of aliphatic hydroxyl groups excluding tert-OH is 1. The van der Waals surface area contributed by atoms with Crippen molar-refractivity contribution in [1.29, 1.82) is 0 Å². The van der Waals surface area contributed by atoms with E-state index in [2.05, 4.69) is 19.9 Å². The molecule has 2 aliphatic rings. The van der Waals surface area contributed by atoms with Gasteiger partial charge in [0.15, 0.2) is 0 Å². The summed E-state index contributed by atoms with van der Waals surface area (Å²) in [6, 6.07) is 6.65. The van der Waals surface area contributed by atoms with Crippen LogP contribution in [0.3, 0.4) is 0 Å². The number of carbonyl (C=O) groups is 1. The second-order valence-electron chi connectivity index (χ2n) is 8.64. The molecule has 5 heterocycles. The van der Waals surface area contributed by atoms with Crippen molar-refractivity contribution < 1.29 is 14.6 Å². The maximum Gasteiger partial charge on any atom is 0.259 e. The number of carbonyl (C=O) groups excluding carboxylic acids is 1. The van der Waals surface area contributed by atoms with Crippen molar-refractivity contribution in [3.63, 3.8) is 0 Å². The van der Waals surface area contributed by atoms with Crippen LogP contribution in [0.5, 0.6) is 5.75 Å². The Morgan fingerprint density at radius 3 is 2.43 bits per heavy atom. The average Bonchev–Trinajstić information content (AvgIpc) is 3.18. The van der Waals surface area contributed by atoms with Gasteiger partial charge in [0, 0.05) is 51.2 Å². The summed E-state index contributed by atoms with van der Waals surface area (Å²) in [5.74, 6) is 1.28. The second kappa shape index (κ2) is 9.63. The quantitative estimate of drug-likeness (QED) is 0.571. The highest BCUT2D eigenvalue weighted by Gasteiger charge is 2.32. The number of amides is 1. The summed E-state index contributed by atoms with van der Waals surface area (Å²) in [6.45, 7) is 3.71. The SMILES string of the molecule is Cc1nc(-n2ccc(OC3CCN(c4ncc(Cl)cn4)CC3)cc2=O)ccc1N1CCC(O)C1=O. The Labute approximate surface area is 206 Å². The Bertz CT molecular complexity index is 1290. The monoisotopic (exact) mass is 496 g/mol. The van der Waals surface area contributed by atoms with Crippen molar-refractivity contribution in [2.45, 2.75) is 38.4 Å². The first kappa shape index (κ1) is 23.3. The number of ether oxygens (including phenoxy) is 1. The molecule has 10 nitrogen and oxygen atoms in total. The molecule has 35 heavy (non-hydrogen) atoms. The molecule has 0 aliphatic carbocycles. The largest absolute Gasteiger partial charge is 0.490 e. The highest BCUT2D eigenvalue weighted by Crippen LogP contribution is 2.25. The molecule has 3 aromatic rings. The van der Waals surface area contributed by atoms with Crippen LogP contribution < -0.4 is 20.1 Å². The van der Waals surface area contributed by atoms with E-state index in [-0.39, 0.29) is 17.6 Å². The summed E-state index contributed by atoms with van der Waals surface area (Å²) >= 11 is 5.86. The molecule has 2 saturated heterocycles. The minimum Gasteiger partial charge on any atom is -0.490 e. The Kier molecular flexibility index (Phi) is 6.40. The minimum atomic E-state index is -0.970. The lowest BCUT2D eigenvalue weighted by molar-refractivity contribution is -0.124. The molecular formula is C24H25ClN6O4. The topological polar surface area (TPSA) is 114 Å². The second-order valence-corrected chi connectivity index (χ2v) is 9.08. The van der Waals surface area contributed by atoms with Crippen molar-refractivity contribution in [2.24, 2.45) is 0 Å². The minimum absolute atomic E-state index is 0.0122. The van der Waals surface area contributed by atoms with E-state index >= 15 is 0 Å². The molecule has 0 spiro atoms. The third kappa shape index (κ3) is 4.85. The number of hydrogen-bond acceptors (Lipinski definition) is 8. The van der Waals surface area contributed by atoms with Gasteiger partial charge in [-0.2, -0.15) is 0 Å². The Balaban J connectivity index is 1.24. The molecule has 1 unspecified atom stereocenters. The fourth-order valence-corrected chi connectivity index (χ4v) is 4.52. The van der Waals surface area contributed by atoms with Crippen LogP contribution in [-0.2, 0) is 4.79 Å². The average molecular weight is 497 g/mol. The molecule has 182 valence electrons. The van der Waals surface area contributed by atoms with E-state index in [0.717, 1.165) is 25.9 Å². The number of rotatable bonds is 5. The van der Waals surface area contributed by atoms with Gasteiger partial charge in [0.05, 0.1) is 28.8 Å². The number of halogens is 1. The van der Waals surface area contributed by atoms with Crippen molar-refractivity contribution in [2.75, 3.05) is 29.4 Å². The smallest absolute Gasteiger partial charge is 0.259 e. The van der Waals surface area contributed by atoms with Gasteiger partial charge in [-0.1, -0.05) is 11.6 Å². The zero-order valence-corrected chi connectivity index (χ0v) is 19.9. The van der Waals surface area contributed by atoms with E-state index in [1.165, 1.54) is 15.5 Å². The zero-order chi connectivity index (χ0) is 24.5. The lowest BCUT2D eigenvalue weighted by atomic mass is 10.1. The fourth-order valence-electron chi connectivity index (χ4n) is 4.42. The Morgan fingerprint density at radius 2 is 1.80 bits per heavy atom. The van der Waals surface area contributed by atoms with Crippen LogP contribution in [0.15, 0.2) is 47.7 Å². The maximum absolute atomic E-state index is 12.8. The first-order valence-corrected chi connectivity index (χ1v) is 11.9. The van der Waals surface area contributed by atoms with Crippen LogP contribution in [-0.4, -0.2) is 62.4 Å². The predicted molar refractivity (Wildman–Crippen MR) is 130 cm³/mol. The Hall–Kier alpha value is -3.50. The molecular weight excluding hydrogens is 472 g/mol. The molecule has 0 aromatic carbocycles. The van der Waals surface area contributed by atoms with Crippen LogP contribution in [0.25, 0.3) is 5.82 Å². The third-order valence-electron chi connectivity index (χ3n) is 6.28. The number of nitrogens with zero attached hydrogens (tertiary/aromatic N) is 6. The summed E-state index contributed by atoms with van der Waals surface area (Å²) in [7, 11) is 0. The number of aryl methyl sites for hydroxylation is 1. The van der Waals surface area contributed by atoms with Gasteiger partial charge in [-0.3, -0.25) is 14.2 Å². The maximum atomic E-state index is 12.8. The van der Waals surface area contributed by atoms with Gasteiger partial charge in [-0.25, -0.2) is 15.0 Å². The Morgan fingerprint density at radius 1 is 1.06 bits per heavy atom. The number of aliphatic hydroxyl groups is 1. The molecule has 1 atom stereocenters. The number of hydrogen-bond donors (Lipinski definition) is 1. The molecule has 0 radical (unpaired) electrons. The van der Waals surface area contributed by atoms with E-state index in [4.69, 9.17) is 16.3 Å². The van der Waals surface area contributed by atoms with E-state index in [1.54, 1.807) is 43.7 Å². The number of anilines is 2. The van der Waals surface area contributed by atoms with Gasteiger partial charge in [-0.15, -0.1) is 0 Å². The molecule has 2 aliphatic heterocycles. The first-order valence-electron chi connectivity index (χ1n) is 11.5. The molecule has 5 rings (SSSR count). The summed E-state index contributed by atoms with van der Waals surface area (Å²) in [6.07, 6.45) is 5.78. The first-order chi connectivity index (χ1) is 16.9. The normalized spacial score (nSPS) is 18.8. The molecule has 0 bridgehead atoms. The van der Waals surface area contributed by atoms with Crippen molar-refractivity contribution >= 4 is 29.1 Å². The molecule has 1 N–H and O–H groups in total. The van der Waals surface area contributed by atoms with Crippen LogP contribution in [0.2, 0.25) is 5.02 Å². The van der Waals surface area contributed by atoms with Gasteiger partial charge in [0.2, 0.25) is 5.95 Å². The van der Waals surface area contributed by atoms with Gasteiger partial charge in [-0.05, 0) is 25.1 Å². The van der Waals surface area contributed by atoms with Crippen LogP contribution in [0.1, 0.15) is 25.0 Å². The van der Waals surface area contributed by atoms with Crippen molar-refractivity contribution in [1.82, 2.24) is 19.5 Å². The molecule has 0 saturated carbocycles. The lowest BCUT2D eigenvalue weighted by Gasteiger charge is -2.32. The van der Waals surface area contributed by atoms with Gasteiger partial charge < -0.3 is 19.6 Å². The highest BCUT2D eigenvalue weighted by atomic mass is 35.5. The number of piperidine rings is 1. The molecule has 1 amide bonds. The van der Waals surface area contributed by atoms with Crippen LogP contribution in [0.4, 0.5) is 11.6 Å². The summed E-state index contributed by atoms with van der Waals surface area (Å²) < 4.78 is 7.51. The molecule has 2 fully saturated rings. The van der Waals surface area contributed by atoms with E-state index in [1.807, 2.05) is 0 Å². The number of aromatic nitrogens is 4. The van der Waals surface area contributed by atoms with Gasteiger partial charge in [0.25, 0.3) is 11.5 Å².